The van der Waals surface area contributed by atoms with E-state index >= 15 is 0 Å². The van der Waals surface area contributed by atoms with E-state index in [4.69, 9.17) is 10.00 Å². The van der Waals surface area contributed by atoms with Gasteiger partial charge in [0.2, 0.25) is 0 Å². The molecule has 0 saturated heterocycles. The van der Waals surface area contributed by atoms with Crippen molar-refractivity contribution in [3.8, 4) is 17.6 Å². The Balaban J connectivity index is 0.00000117. The predicted molar refractivity (Wildman–Crippen MR) is 78.9 cm³/mol. The summed E-state index contributed by atoms with van der Waals surface area (Å²) in [5.41, 5.74) is -1.86. The summed E-state index contributed by atoms with van der Waals surface area (Å²) in [5, 5.41) is 18.6. The van der Waals surface area contributed by atoms with Crippen molar-refractivity contribution in [2.45, 2.75) is 24.9 Å². The molecule has 10 heteroatoms. The first-order valence-electron chi connectivity index (χ1n) is 7.13. The number of ether oxygens (including phenoxy) is 1. The molecule has 0 saturated carbocycles. The zero-order chi connectivity index (χ0) is 19.5. The Morgan fingerprint density at radius 2 is 1.96 bits per heavy atom. The van der Waals surface area contributed by atoms with Crippen LogP contribution in [-0.4, -0.2) is 28.4 Å². The van der Waals surface area contributed by atoms with Gasteiger partial charge >= 0.3 is 6.18 Å². The van der Waals surface area contributed by atoms with E-state index in [1.54, 1.807) is 0 Å². The Morgan fingerprint density at radius 3 is 2.58 bits per heavy atom. The quantitative estimate of drug-likeness (QED) is 0.813. The Bertz CT molecular complexity index is 836. The van der Waals surface area contributed by atoms with E-state index in [9.17, 15) is 27.1 Å². The van der Waals surface area contributed by atoms with Crippen molar-refractivity contribution in [1.29, 1.82) is 5.26 Å². The van der Waals surface area contributed by atoms with Crippen molar-refractivity contribution >= 4 is 0 Å². The van der Waals surface area contributed by atoms with Gasteiger partial charge < -0.3 is 9.84 Å². The largest absolute Gasteiger partial charge is 0.454 e. The Kier molecular flexibility index (Phi) is 5.72. The average Bonchev–Trinajstić information content (AvgIpc) is 2.92. The number of alkyl halides is 5. The fraction of sp³-hybridized carbons (Fsp3) is 0.312. The topological polar surface area (TPSA) is 79.0 Å². The number of aliphatic hydroxyl groups excluding tert-OH is 1. The molecular formula is C16H12F5N3O2. The zero-order valence-corrected chi connectivity index (χ0v) is 13.3. The number of halogens is 5. The van der Waals surface area contributed by atoms with Crippen LogP contribution in [0.25, 0.3) is 0 Å². The summed E-state index contributed by atoms with van der Waals surface area (Å²) in [5.74, 6) is -0.0244. The third-order valence-corrected chi connectivity index (χ3v) is 3.56. The van der Waals surface area contributed by atoms with Gasteiger partial charge in [-0.1, -0.05) is 0 Å². The molecule has 0 aromatic carbocycles. The minimum Gasteiger partial charge on any atom is -0.454 e. The van der Waals surface area contributed by atoms with Crippen LogP contribution in [0.4, 0.5) is 22.0 Å². The van der Waals surface area contributed by atoms with E-state index in [0.29, 0.717) is 7.18 Å². The molecule has 1 aliphatic carbocycles. The summed E-state index contributed by atoms with van der Waals surface area (Å²) in [4.78, 5) is 7.04. The van der Waals surface area contributed by atoms with Crippen LogP contribution in [0.1, 0.15) is 28.5 Å². The lowest BCUT2D eigenvalue weighted by molar-refractivity contribution is -0.143. The lowest BCUT2D eigenvalue weighted by atomic mass is 10.1. The van der Waals surface area contributed by atoms with Gasteiger partial charge in [0, 0.05) is 29.8 Å². The molecule has 2 unspecified atom stereocenters. The maximum atomic E-state index is 13.8. The summed E-state index contributed by atoms with van der Waals surface area (Å²) in [6.07, 6.45) is -5.69. The van der Waals surface area contributed by atoms with Gasteiger partial charge in [-0.15, -0.1) is 0 Å². The molecule has 138 valence electrons. The smallest absolute Gasteiger partial charge is 0.433 e. The van der Waals surface area contributed by atoms with Gasteiger partial charge in [0.25, 0.3) is 0 Å². The average molecular weight is 373 g/mol. The molecule has 2 aromatic rings. The zero-order valence-electron chi connectivity index (χ0n) is 13.3. The van der Waals surface area contributed by atoms with Crippen molar-refractivity contribution in [3.05, 3.63) is 47.0 Å². The predicted octanol–water partition coefficient (Wildman–Crippen LogP) is 3.67. The van der Waals surface area contributed by atoms with E-state index in [0.717, 1.165) is 6.20 Å². The third-order valence-electron chi connectivity index (χ3n) is 3.56. The monoisotopic (exact) mass is 373 g/mol. The Morgan fingerprint density at radius 1 is 1.27 bits per heavy atom. The lowest BCUT2D eigenvalue weighted by Crippen LogP contribution is -2.15. The molecule has 3 rings (SSSR count). The van der Waals surface area contributed by atoms with E-state index in [2.05, 4.69) is 9.97 Å². The van der Waals surface area contributed by atoms with Crippen molar-refractivity contribution in [2.24, 2.45) is 0 Å². The van der Waals surface area contributed by atoms with Crippen molar-refractivity contribution in [3.63, 3.8) is 0 Å². The number of nitriles is 1. The molecule has 1 aliphatic rings. The van der Waals surface area contributed by atoms with Gasteiger partial charge in [0.1, 0.15) is 29.8 Å². The number of fused-ring (bicyclic) bond motifs is 1. The van der Waals surface area contributed by atoms with E-state index in [1.807, 2.05) is 6.07 Å². The standard InChI is InChI=1S/C15H9F4N3O2.CH3F/c16-10-2-9-11(24-8-1-7(3-20)4-21-5-8)6-22-14(15(17,18)19)12(9)13(10)23;1-2/h1,4-6,10,13,23H,2H2;1H3. The molecule has 0 aliphatic heterocycles. The van der Waals surface area contributed by atoms with Crippen molar-refractivity contribution in [2.75, 3.05) is 7.18 Å². The molecule has 2 atom stereocenters. The highest BCUT2D eigenvalue weighted by Gasteiger charge is 2.44. The number of pyridine rings is 2. The minimum absolute atomic E-state index is 0.0922. The SMILES string of the molecule is CF.N#Cc1cncc(Oc2cnc(C(F)(F)F)c3c2CC(F)C3O)c1. The highest BCUT2D eigenvalue weighted by Crippen LogP contribution is 2.45. The normalized spacial score (nSPS) is 18.4. The number of aliphatic hydroxyl groups is 1. The molecule has 5 nitrogen and oxygen atoms in total. The fourth-order valence-corrected chi connectivity index (χ4v) is 2.54. The molecule has 2 heterocycles. The number of aromatic nitrogens is 2. The van der Waals surface area contributed by atoms with Crippen molar-refractivity contribution < 1.29 is 31.8 Å². The minimum atomic E-state index is -4.82. The van der Waals surface area contributed by atoms with Crippen molar-refractivity contribution in [1.82, 2.24) is 9.97 Å². The van der Waals surface area contributed by atoms with Crippen LogP contribution in [-0.2, 0) is 12.6 Å². The maximum absolute atomic E-state index is 13.8. The van der Waals surface area contributed by atoms with Gasteiger partial charge in [0.05, 0.1) is 25.1 Å². The van der Waals surface area contributed by atoms with Gasteiger partial charge in [0.15, 0.2) is 5.69 Å². The molecule has 2 aromatic heterocycles. The van der Waals surface area contributed by atoms with E-state index in [-0.39, 0.29) is 22.6 Å². The summed E-state index contributed by atoms with van der Waals surface area (Å²) in [7, 11) is 0.500. The molecule has 0 spiro atoms. The highest BCUT2D eigenvalue weighted by atomic mass is 19.4. The van der Waals surface area contributed by atoms with Gasteiger partial charge in [-0.05, 0) is 0 Å². The van der Waals surface area contributed by atoms with Gasteiger partial charge in [-0.3, -0.25) is 9.37 Å². The first kappa shape index (κ1) is 19.5. The molecule has 0 radical (unpaired) electrons. The number of nitrogens with zero attached hydrogens (tertiary/aromatic N) is 3. The van der Waals surface area contributed by atoms with Gasteiger partial charge in [-0.2, -0.15) is 18.4 Å². The highest BCUT2D eigenvalue weighted by molar-refractivity contribution is 5.49. The van der Waals surface area contributed by atoms with E-state index < -0.39 is 36.1 Å². The molecular weight excluding hydrogens is 361 g/mol. The molecule has 1 N–H and O–H groups in total. The van der Waals surface area contributed by atoms with Crippen LogP contribution in [0.15, 0.2) is 24.7 Å². The molecule has 0 amide bonds. The molecule has 0 bridgehead atoms. The number of rotatable bonds is 2. The summed E-state index contributed by atoms with van der Waals surface area (Å²) >= 11 is 0. The Hall–Kier alpha value is -2.80. The molecule has 26 heavy (non-hydrogen) atoms. The maximum Gasteiger partial charge on any atom is 0.433 e. The first-order chi connectivity index (χ1) is 12.3. The Labute approximate surface area is 144 Å². The number of hydrogen-bond donors (Lipinski definition) is 1. The van der Waals surface area contributed by atoms with Gasteiger partial charge in [-0.25, -0.2) is 9.37 Å². The summed E-state index contributed by atoms with van der Waals surface area (Å²) < 4.78 is 67.7. The second-order valence-electron chi connectivity index (χ2n) is 5.15. The molecule has 0 fully saturated rings. The summed E-state index contributed by atoms with van der Waals surface area (Å²) in [6, 6.07) is 3.17. The van der Waals surface area contributed by atoms with Crippen LogP contribution in [0.2, 0.25) is 0 Å². The number of hydrogen-bond acceptors (Lipinski definition) is 5. The first-order valence-corrected chi connectivity index (χ1v) is 7.13. The van der Waals surface area contributed by atoms with Crippen LogP contribution >= 0.6 is 0 Å². The summed E-state index contributed by atoms with van der Waals surface area (Å²) in [6.45, 7) is 0. The fourth-order valence-electron chi connectivity index (χ4n) is 2.54. The van der Waals surface area contributed by atoms with Crippen LogP contribution in [0.5, 0.6) is 11.5 Å². The second kappa shape index (κ2) is 7.61. The van der Waals surface area contributed by atoms with Crippen LogP contribution < -0.4 is 4.74 Å². The van der Waals surface area contributed by atoms with E-state index in [1.165, 1.54) is 18.5 Å². The lowest BCUT2D eigenvalue weighted by Gasteiger charge is -2.16. The van der Waals surface area contributed by atoms with Crippen LogP contribution in [0.3, 0.4) is 0 Å². The van der Waals surface area contributed by atoms with Crippen LogP contribution in [0, 0.1) is 11.3 Å². The third kappa shape index (κ3) is 3.72. The second-order valence-corrected chi connectivity index (χ2v) is 5.15.